The van der Waals surface area contributed by atoms with E-state index in [9.17, 15) is 0 Å². The zero-order valence-electron chi connectivity index (χ0n) is 13.3. The molecule has 0 saturated carbocycles. The summed E-state index contributed by atoms with van der Waals surface area (Å²) in [6.45, 7) is 0. The van der Waals surface area contributed by atoms with Gasteiger partial charge in [-0.25, -0.2) is 0 Å². The minimum atomic E-state index is -0.738. The number of nitrogens with two attached hydrogens (primary N) is 2. The summed E-state index contributed by atoms with van der Waals surface area (Å²) in [6, 6.07) is 9.98. The van der Waals surface area contributed by atoms with E-state index in [1.807, 2.05) is 36.4 Å². The van der Waals surface area contributed by atoms with Crippen LogP contribution in [0, 0.1) is 0 Å². The average Bonchev–Trinajstić information content (AvgIpc) is 2.56. The number of aliphatic imine (C=N–C) groups is 1. The molecule has 2 aromatic rings. The van der Waals surface area contributed by atoms with Crippen molar-refractivity contribution in [1.29, 1.82) is 0 Å². The van der Waals surface area contributed by atoms with Gasteiger partial charge in [0.25, 0.3) is 0 Å². The highest BCUT2D eigenvalue weighted by atomic mass is 16.5. The number of rotatable bonds is 4. The predicted molar refractivity (Wildman–Crippen MR) is 93.3 cm³/mol. The Bertz CT molecular complexity index is 785. The summed E-state index contributed by atoms with van der Waals surface area (Å²) in [6.07, 6.45) is 5.45. The maximum absolute atomic E-state index is 6.46. The molecule has 0 aromatic heterocycles. The third kappa shape index (κ3) is 2.81. The highest BCUT2D eigenvalue weighted by molar-refractivity contribution is 5.90. The molecule has 5 heteroatoms. The summed E-state index contributed by atoms with van der Waals surface area (Å²) in [4.78, 5) is 4.21. The average molecular weight is 311 g/mol. The Morgan fingerprint density at radius 2 is 1.96 bits per heavy atom. The molecular weight excluding hydrogens is 290 g/mol. The lowest BCUT2D eigenvalue weighted by atomic mass is 9.86. The second-order valence-corrected chi connectivity index (χ2v) is 5.74. The van der Waals surface area contributed by atoms with Crippen molar-refractivity contribution in [3.05, 3.63) is 48.0 Å². The van der Waals surface area contributed by atoms with E-state index in [-0.39, 0.29) is 0 Å². The molecule has 0 saturated heterocycles. The Morgan fingerprint density at radius 3 is 2.65 bits per heavy atom. The summed E-state index contributed by atoms with van der Waals surface area (Å²) in [5.74, 6) is 1.60. The van der Waals surface area contributed by atoms with E-state index in [1.165, 1.54) is 0 Å². The Balaban J connectivity index is 2.09. The molecule has 5 nitrogen and oxygen atoms in total. The molecule has 2 atom stereocenters. The summed E-state index contributed by atoms with van der Waals surface area (Å²) in [7, 11) is 3.32. The molecule has 0 amide bonds. The fraction of sp³-hybridized carbons (Fsp3) is 0.278. The van der Waals surface area contributed by atoms with Gasteiger partial charge in [0.15, 0.2) is 0 Å². The van der Waals surface area contributed by atoms with E-state index in [2.05, 4.69) is 11.1 Å². The smallest absolute Gasteiger partial charge is 0.126 e. The van der Waals surface area contributed by atoms with Crippen molar-refractivity contribution in [2.45, 2.75) is 18.1 Å². The molecule has 0 bridgehead atoms. The fourth-order valence-electron chi connectivity index (χ4n) is 2.92. The number of hydrogen-bond acceptors (Lipinski definition) is 5. The number of benzene rings is 2. The molecule has 23 heavy (non-hydrogen) atoms. The van der Waals surface area contributed by atoms with Gasteiger partial charge in [-0.15, -0.1) is 0 Å². The maximum atomic E-state index is 6.46. The quantitative estimate of drug-likeness (QED) is 0.905. The van der Waals surface area contributed by atoms with Crippen molar-refractivity contribution in [1.82, 2.24) is 0 Å². The van der Waals surface area contributed by atoms with Crippen molar-refractivity contribution in [2.24, 2.45) is 16.5 Å². The summed E-state index contributed by atoms with van der Waals surface area (Å²) >= 11 is 0. The van der Waals surface area contributed by atoms with Crippen LogP contribution in [0.3, 0.4) is 0 Å². The Labute approximate surface area is 135 Å². The van der Waals surface area contributed by atoms with Crippen molar-refractivity contribution in [3.8, 4) is 11.5 Å². The molecule has 2 aromatic carbocycles. The van der Waals surface area contributed by atoms with Crippen molar-refractivity contribution < 1.29 is 9.47 Å². The monoisotopic (exact) mass is 311 g/mol. The predicted octanol–water partition coefficient (Wildman–Crippen LogP) is 2.02. The van der Waals surface area contributed by atoms with Crippen LogP contribution in [0.5, 0.6) is 11.5 Å². The molecule has 1 heterocycles. The molecular formula is C18H21N3O2. The third-order valence-electron chi connectivity index (χ3n) is 4.25. The highest BCUT2D eigenvalue weighted by Gasteiger charge is 2.32. The van der Waals surface area contributed by atoms with Gasteiger partial charge in [0, 0.05) is 18.0 Å². The standard InChI is InChI=1S/C18H21N3O2/c1-22-15-6-3-5-12-10-16(23-2)13(9-14(12)15)11-18(20)7-4-8-21-17(18)19/h3-10,17H,11,19-20H2,1-2H3. The van der Waals surface area contributed by atoms with E-state index < -0.39 is 11.7 Å². The first-order valence-corrected chi connectivity index (χ1v) is 7.46. The SMILES string of the molecule is COc1cc2cccc(OC)c2cc1CC1(N)C=CC=NC1N. The van der Waals surface area contributed by atoms with Gasteiger partial charge in [0.2, 0.25) is 0 Å². The van der Waals surface area contributed by atoms with E-state index in [1.54, 1.807) is 20.4 Å². The van der Waals surface area contributed by atoms with Crippen molar-refractivity contribution in [2.75, 3.05) is 14.2 Å². The highest BCUT2D eigenvalue weighted by Crippen LogP contribution is 2.34. The van der Waals surface area contributed by atoms with Gasteiger partial charge in [-0.3, -0.25) is 4.99 Å². The summed E-state index contributed by atoms with van der Waals surface area (Å²) in [5.41, 5.74) is 12.8. The Hall–Kier alpha value is -2.37. The van der Waals surface area contributed by atoms with Crippen LogP contribution in [0.4, 0.5) is 0 Å². The zero-order valence-corrected chi connectivity index (χ0v) is 13.3. The zero-order chi connectivity index (χ0) is 16.4. The molecule has 120 valence electrons. The summed E-state index contributed by atoms with van der Waals surface area (Å²) < 4.78 is 11.0. The minimum absolute atomic E-state index is 0.481. The lowest BCUT2D eigenvalue weighted by Crippen LogP contribution is -2.55. The number of fused-ring (bicyclic) bond motifs is 1. The second-order valence-electron chi connectivity index (χ2n) is 5.74. The van der Waals surface area contributed by atoms with Gasteiger partial charge < -0.3 is 20.9 Å². The van der Waals surface area contributed by atoms with Crippen LogP contribution in [-0.4, -0.2) is 32.1 Å². The summed E-state index contributed by atoms with van der Waals surface area (Å²) in [5, 5.41) is 2.07. The van der Waals surface area contributed by atoms with Crippen LogP contribution in [-0.2, 0) is 6.42 Å². The molecule has 1 aliphatic rings. The van der Waals surface area contributed by atoms with Crippen molar-refractivity contribution >= 4 is 17.0 Å². The number of allylic oxidation sites excluding steroid dienone is 1. The van der Waals surface area contributed by atoms with Crippen LogP contribution in [0.25, 0.3) is 10.8 Å². The number of methoxy groups -OCH3 is 2. The van der Waals surface area contributed by atoms with Gasteiger partial charge >= 0.3 is 0 Å². The van der Waals surface area contributed by atoms with E-state index in [0.717, 1.165) is 27.8 Å². The Kier molecular flexibility index (Phi) is 4.07. The molecule has 3 rings (SSSR count). The lowest BCUT2D eigenvalue weighted by Gasteiger charge is -2.32. The molecule has 2 unspecified atom stereocenters. The van der Waals surface area contributed by atoms with Crippen LogP contribution in [0.1, 0.15) is 5.56 Å². The fourth-order valence-corrected chi connectivity index (χ4v) is 2.92. The van der Waals surface area contributed by atoms with Crippen LogP contribution >= 0.6 is 0 Å². The molecule has 0 fully saturated rings. The topological polar surface area (TPSA) is 82.9 Å². The van der Waals surface area contributed by atoms with Crippen LogP contribution in [0.2, 0.25) is 0 Å². The molecule has 0 aliphatic carbocycles. The normalized spacial score (nSPS) is 23.2. The van der Waals surface area contributed by atoms with Crippen molar-refractivity contribution in [3.63, 3.8) is 0 Å². The maximum Gasteiger partial charge on any atom is 0.126 e. The van der Waals surface area contributed by atoms with Crippen LogP contribution < -0.4 is 20.9 Å². The molecule has 4 N–H and O–H groups in total. The first-order chi connectivity index (χ1) is 11.1. The largest absolute Gasteiger partial charge is 0.496 e. The number of ether oxygens (including phenoxy) is 2. The number of nitrogens with zero attached hydrogens (tertiary/aromatic N) is 1. The third-order valence-corrected chi connectivity index (χ3v) is 4.25. The number of dihydropyridines is 1. The van der Waals surface area contributed by atoms with Gasteiger partial charge in [0.05, 0.1) is 19.8 Å². The van der Waals surface area contributed by atoms with Gasteiger partial charge in [0.1, 0.15) is 17.7 Å². The Morgan fingerprint density at radius 1 is 1.17 bits per heavy atom. The van der Waals surface area contributed by atoms with E-state index in [4.69, 9.17) is 20.9 Å². The van der Waals surface area contributed by atoms with Crippen LogP contribution in [0.15, 0.2) is 47.5 Å². The van der Waals surface area contributed by atoms with E-state index in [0.29, 0.717) is 6.42 Å². The van der Waals surface area contributed by atoms with E-state index >= 15 is 0 Å². The van der Waals surface area contributed by atoms with Gasteiger partial charge in [-0.05, 0) is 35.2 Å². The van der Waals surface area contributed by atoms with Gasteiger partial charge in [-0.1, -0.05) is 18.2 Å². The molecule has 0 spiro atoms. The number of hydrogen-bond donors (Lipinski definition) is 2. The first-order valence-electron chi connectivity index (χ1n) is 7.46. The van der Waals surface area contributed by atoms with Gasteiger partial charge in [-0.2, -0.15) is 0 Å². The first kappa shape index (κ1) is 15.5. The minimum Gasteiger partial charge on any atom is -0.496 e. The molecule has 0 radical (unpaired) electrons. The molecule has 1 aliphatic heterocycles. The lowest BCUT2D eigenvalue weighted by molar-refractivity contribution is 0.390. The second kappa shape index (κ2) is 6.02.